The van der Waals surface area contributed by atoms with Crippen LogP contribution >= 0.6 is 15.6 Å². The first kappa shape index (κ1) is 47.0. The SMILES string of the molecule is CCCCCCCCCCC[C@@H](O)CC(=O)O[C@@H]1C(NC(C)=O)[C@@H](OP(=O)(O)OP(=O)(O)OC[C@H]2O[C@@H](n3ccc(=O)[nH]c3=O)C(O)[C@H]2O)OC(CO)[C@H]1O. The Hall–Kier alpha value is -2.40. The number of unbranched alkanes of at least 4 members (excludes halogenated alkanes) is 8. The molecule has 2 saturated heterocycles. The van der Waals surface area contributed by atoms with Gasteiger partial charge in [0.05, 0.1) is 25.7 Å². The van der Waals surface area contributed by atoms with E-state index >= 15 is 0 Å². The Morgan fingerprint density at radius 1 is 0.945 bits per heavy atom. The van der Waals surface area contributed by atoms with E-state index in [0.29, 0.717) is 6.42 Å². The molecule has 316 valence electrons. The number of aromatic amines is 1. The summed E-state index contributed by atoms with van der Waals surface area (Å²) >= 11 is 0. The lowest BCUT2D eigenvalue weighted by atomic mass is 9.96. The van der Waals surface area contributed by atoms with Gasteiger partial charge in [-0.2, -0.15) is 4.31 Å². The van der Waals surface area contributed by atoms with Crippen LogP contribution in [0.3, 0.4) is 0 Å². The van der Waals surface area contributed by atoms with Crippen LogP contribution in [0.5, 0.6) is 0 Å². The van der Waals surface area contributed by atoms with E-state index in [4.69, 9.17) is 18.7 Å². The van der Waals surface area contributed by atoms with E-state index in [9.17, 15) is 63.6 Å². The summed E-state index contributed by atoms with van der Waals surface area (Å²) in [6.07, 6.45) is -5.37. The van der Waals surface area contributed by atoms with Crippen molar-refractivity contribution in [3.63, 3.8) is 0 Å². The van der Waals surface area contributed by atoms with Crippen LogP contribution in [-0.2, 0) is 46.3 Å². The highest BCUT2D eigenvalue weighted by atomic mass is 31.3. The van der Waals surface area contributed by atoms with Crippen molar-refractivity contribution < 1.29 is 81.6 Å². The van der Waals surface area contributed by atoms with Gasteiger partial charge < -0.3 is 54.8 Å². The number of hydrogen-bond acceptors (Lipinski definition) is 17. The second kappa shape index (κ2) is 21.9. The van der Waals surface area contributed by atoms with Crippen molar-refractivity contribution >= 4 is 27.5 Å². The summed E-state index contributed by atoms with van der Waals surface area (Å²) in [5.41, 5.74) is -1.78. The third kappa shape index (κ3) is 14.8. The van der Waals surface area contributed by atoms with E-state index in [1.165, 1.54) is 25.7 Å². The van der Waals surface area contributed by atoms with Crippen LogP contribution < -0.4 is 16.6 Å². The summed E-state index contributed by atoms with van der Waals surface area (Å²) in [7, 11) is -11.4. The fourth-order valence-corrected chi connectivity index (χ4v) is 8.23. The minimum atomic E-state index is -5.78. The van der Waals surface area contributed by atoms with Crippen LogP contribution in [0.1, 0.15) is 90.7 Å². The fraction of sp³-hybridized carbons (Fsp3) is 0.806. The lowest BCUT2D eigenvalue weighted by Gasteiger charge is -2.43. The fourth-order valence-electron chi connectivity index (χ4n) is 6.07. The number of amides is 1. The Labute approximate surface area is 315 Å². The highest BCUT2D eigenvalue weighted by Gasteiger charge is 2.52. The smallest absolute Gasteiger partial charge is 0.457 e. The predicted molar refractivity (Wildman–Crippen MR) is 187 cm³/mol. The lowest BCUT2D eigenvalue weighted by molar-refractivity contribution is -0.253. The van der Waals surface area contributed by atoms with Crippen LogP contribution in [0, 0.1) is 0 Å². The molecular formula is C31H53N3O19P2. The molecule has 0 spiro atoms. The molecular weight excluding hydrogens is 780 g/mol. The van der Waals surface area contributed by atoms with Crippen LogP contribution in [-0.4, -0.2) is 125 Å². The maximum absolute atomic E-state index is 13.0. The number of carbonyl (C=O) groups excluding carboxylic acids is 2. The number of H-pyrrole nitrogens is 1. The lowest BCUT2D eigenvalue weighted by Crippen LogP contribution is -2.65. The van der Waals surface area contributed by atoms with E-state index in [0.717, 1.165) is 49.4 Å². The van der Waals surface area contributed by atoms with Gasteiger partial charge in [0.25, 0.3) is 5.56 Å². The molecule has 1 amide bonds. The molecule has 0 radical (unpaired) electrons. The first-order valence-electron chi connectivity index (χ1n) is 18.0. The Morgan fingerprint density at radius 3 is 2.18 bits per heavy atom. The number of phosphoric acid groups is 2. The van der Waals surface area contributed by atoms with E-state index in [1.54, 1.807) is 0 Å². The van der Waals surface area contributed by atoms with Gasteiger partial charge in [0.15, 0.2) is 18.6 Å². The number of aromatic nitrogens is 2. The van der Waals surface area contributed by atoms with Crippen molar-refractivity contribution in [2.75, 3.05) is 13.2 Å². The Bertz CT molecular complexity index is 1590. The average Bonchev–Trinajstić information content (AvgIpc) is 3.37. The van der Waals surface area contributed by atoms with Crippen LogP contribution in [0.2, 0.25) is 0 Å². The Morgan fingerprint density at radius 2 is 1.58 bits per heavy atom. The molecule has 22 nitrogen and oxygen atoms in total. The highest BCUT2D eigenvalue weighted by Crippen LogP contribution is 2.61. The minimum Gasteiger partial charge on any atom is -0.457 e. The largest absolute Gasteiger partial charge is 0.483 e. The zero-order chi connectivity index (χ0) is 40.9. The summed E-state index contributed by atoms with van der Waals surface area (Å²) in [5.74, 6) is -1.88. The third-order valence-corrected chi connectivity index (χ3v) is 11.4. The molecule has 1 aromatic heterocycles. The van der Waals surface area contributed by atoms with Gasteiger partial charge in [0, 0.05) is 19.2 Å². The second-order valence-corrected chi connectivity index (χ2v) is 16.4. The summed E-state index contributed by atoms with van der Waals surface area (Å²) in [6, 6.07) is -0.858. The molecule has 24 heteroatoms. The van der Waals surface area contributed by atoms with Gasteiger partial charge in [0.1, 0.15) is 36.6 Å². The average molecular weight is 834 g/mol. The molecule has 0 bridgehead atoms. The number of rotatable bonds is 23. The maximum Gasteiger partial charge on any atom is 0.483 e. The quantitative estimate of drug-likeness (QED) is 0.0384. The second-order valence-electron chi connectivity index (χ2n) is 13.4. The molecule has 1 aromatic rings. The zero-order valence-corrected chi connectivity index (χ0v) is 32.3. The van der Waals surface area contributed by atoms with Crippen molar-refractivity contribution in [3.05, 3.63) is 33.1 Å². The van der Waals surface area contributed by atoms with Gasteiger partial charge in [-0.3, -0.25) is 33.0 Å². The molecule has 3 heterocycles. The first-order chi connectivity index (χ1) is 25.9. The highest BCUT2D eigenvalue weighted by molar-refractivity contribution is 7.61. The van der Waals surface area contributed by atoms with Crippen LogP contribution in [0.4, 0.5) is 0 Å². The standard InChI is InChI=1S/C31H53N3O19P2/c1-3-4-5-6-7-8-9-10-11-12-19(37)15-23(39)51-28-24(32-18(2)36)30(50-20(16-35)26(28)41)52-55(46,47)53-54(44,45)48-17-21-25(40)27(42)29(49-21)34-14-13-22(38)33-31(34)43/h13-14,19-21,24-30,35,37,40-42H,3-12,15-17H2,1-2H3,(H,32,36)(H,44,45)(H,46,47)(H,33,38,43)/t19-,20?,21-,24?,25+,26-,27?,28-,29-,30-/m1/s1. The molecule has 12 atom stereocenters. The first-order valence-corrected chi connectivity index (χ1v) is 21.0. The van der Waals surface area contributed by atoms with Crippen molar-refractivity contribution in [3.8, 4) is 0 Å². The van der Waals surface area contributed by atoms with Gasteiger partial charge in [-0.05, 0) is 6.42 Å². The van der Waals surface area contributed by atoms with Gasteiger partial charge in [-0.25, -0.2) is 13.9 Å². The number of aliphatic hydroxyl groups excluding tert-OH is 5. The number of phosphoric ester groups is 2. The van der Waals surface area contributed by atoms with E-state index in [-0.39, 0.29) is 6.42 Å². The molecule has 0 aromatic carbocycles. The zero-order valence-electron chi connectivity index (χ0n) is 30.5. The summed E-state index contributed by atoms with van der Waals surface area (Å²) in [6.45, 7) is 1.10. The van der Waals surface area contributed by atoms with Gasteiger partial charge in [-0.15, -0.1) is 0 Å². The van der Waals surface area contributed by atoms with Crippen LogP contribution in [0.15, 0.2) is 21.9 Å². The maximum atomic E-state index is 13.0. The molecule has 0 aliphatic carbocycles. The summed E-state index contributed by atoms with van der Waals surface area (Å²) in [5, 5.41) is 54.0. The Kier molecular flexibility index (Phi) is 18.7. The predicted octanol–water partition coefficient (Wildman–Crippen LogP) is -0.427. The molecule has 3 rings (SSSR count). The monoisotopic (exact) mass is 833 g/mol. The van der Waals surface area contributed by atoms with Gasteiger partial charge >= 0.3 is 27.3 Å². The molecule has 2 aliphatic heterocycles. The third-order valence-electron chi connectivity index (χ3n) is 8.84. The number of nitrogens with zero attached hydrogens (tertiary/aromatic N) is 1. The molecule has 5 unspecified atom stereocenters. The number of hydrogen-bond donors (Lipinski definition) is 9. The number of ether oxygens (including phenoxy) is 3. The summed E-state index contributed by atoms with van der Waals surface area (Å²) in [4.78, 5) is 71.0. The molecule has 9 N–H and O–H groups in total. The summed E-state index contributed by atoms with van der Waals surface area (Å²) < 4.78 is 56.3. The van der Waals surface area contributed by atoms with E-state index in [2.05, 4.69) is 21.1 Å². The van der Waals surface area contributed by atoms with E-state index < -0.39 is 120 Å². The number of nitrogens with one attached hydrogen (secondary N) is 2. The van der Waals surface area contributed by atoms with Crippen molar-refractivity contribution in [1.29, 1.82) is 0 Å². The van der Waals surface area contributed by atoms with E-state index in [1.807, 2.05) is 4.98 Å². The molecule has 2 fully saturated rings. The molecule has 2 aliphatic rings. The van der Waals surface area contributed by atoms with Crippen molar-refractivity contribution in [2.45, 2.75) is 146 Å². The van der Waals surface area contributed by atoms with Crippen molar-refractivity contribution in [1.82, 2.24) is 14.9 Å². The normalized spacial score (nSPS) is 29.6. The number of carbonyl (C=O) groups is 2. The number of esters is 1. The Balaban J connectivity index is 1.60. The minimum absolute atomic E-state index is 0.276. The molecule has 0 saturated carbocycles. The molecule has 55 heavy (non-hydrogen) atoms. The van der Waals surface area contributed by atoms with Gasteiger partial charge in [-0.1, -0.05) is 64.7 Å². The van der Waals surface area contributed by atoms with Crippen LogP contribution in [0.25, 0.3) is 0 Å². The number of aliphatic hydroxyl groups is 5. The van der Waals surface area contributed by atoms with Crippen molar-refractivity contribution in [2.24, 2.45) is 0 Å². The van der Waals surface area contributed by atoms with Gasteiger partial charge in [0.2, 0.25) is 5.91 Å². The topological polar surface area (TPSA) is 332 Å².